The van der Waals surface area contributed by atoms with E-state index in [1.54, 1.807) is 0 Å². The van der Waals surface area contributed by atoms with Gasteiger partial charge in [-0.15, -0.1) is 0 Å². The number of hydrogen-bond donors (Lipinski definition) is 1. The molecule has 1 aromatic carbocycles. The summed E-state index contributed by atoms with van der Waals surface area (Å²) >= 11 is 0. The van der Waals surface area contributed by atoms with Crippen molar-refractivity contribution in [3.05, 3.63) is 23.8 Å². The van der Waals surface area contributed by atoms with Crippen molar-refractivity contribution in [1.82, 2.24) is 4.98 Å². The fourth-order valence-corrected chi connectivity index (χ4v) is 4.40. The molecule has 0 bridgehead atoms. The third kappa shape index (κ3) is 5.67. The Kier molecular flexibility index (Phi) is 5.22. The van der Waals surface area contributed by atoms with Crippen LogP contribution in [-0.4, -0.2) is 35.4 Å². The molecule has 1 aromatic rings. The van der Waals surface area contributed by atoms with Crippen molar-refractivity contribution in [2.45, 2.75) is 51.7 Å². The Bertz CT molecular complexity index is 578. The van der Waals surface area contributed by atoms with Crippen LogP contribution in [0.4, 0.5) is 0 Å². The smallest absolute Gasteiger partial charge is 0.309 e. The summed E-state index contributed by atoms with van der Waals surface area (Å²) in [4.78, 5) is 16.1. The molecule has 5 nitrogen and oxygen atoms in total. The second-order valence-electron chi connectivity index (χ2n) is 7.87. The van der Waals surface area contributed by atoms with E-state index in [0.717, 1.165) is 17.1 Å². The van der Waals surface area contributed by atoms with Crippen molar-refractivity contribution in [2.24, 2.45) is 0 Å². The molecular formula is C16H27NO4Si2. The Morgan fingerprint density at radius 2 is 1.83 bits per heavy atom. The largest absolute Gasteiger partial charge is 0.519 e. The fourth-order valence-electron chi connectivity index (χ4n) is 2.39. The zero-order chi connectivity index (χ0) is 17.3. The van der Waals surface area contributed by atoms with Gasteiger partial charge < -0.3 is 18.9 Å². The van der Waals surface area contributed by atoms with Gasteiger partial charge in [-0.05, 0) is 43.8 Å². The SMILES string of the molecule is C[Si](C)(C)NC(Cc1ccc2c(c1)OCO2)C(=O)O[Si](C)(C)C. The predicted octanol–water partition coefficient (Wildman–Crippen LogP) is 3.13. The Morgan fingerprint density at radius 1 is 1.17 bits per heavy atom. The van der Waals surface area contributed by atoms with Crippen molar-refractivity contribution in [2.75, 3.05) is 6.79 Å². The molecule has 1 aliphatic rings. The number of nitrogens with one attached hydrogen (secondary N) is 1. The van der Waals surface area contributed by atoms with Gasteiger partial charge in [-0.25, -0.2) is 0 Å². The molecule has 128 valence electrons. The average Bonchev–Trinajstić information content (AvgIpc) is 2.81. The number of fused-ring (bicyclic) bond motifs is 1. The lowest BCUT2D eigenvalue weighted by atomic mass is 10.1. The molecule has 0 saturated carbocycles. The molecule has 23 heavy (non-hydrogen) atoms. The van der Waals surface area contributed by atoms with Crippen LogP contribution in [0, 0.1) is 0 Å². The summed E-state index contributed by atoms with van der Waals surface area (Å²) in [6.07, 6.45) is 0.588. The van der Waals surface area contributed by atoms with Gasteiger partial charge in [0.1, 0.15) is 14.3 Å². The van der Waals surface area contributed by atoms with Crippen molar-refractivity contribution < 1.29 is 18.7 Å². The van der Waals surface area contributed by atoms with Crippen molar-refractivity contribution in [3.8, 4) is 11.5 Å². The zero-order valence-corrected chi connectivity index (χ0v) is 16.9. The Hall–Kier alpha value is -1.32. The van der Waals surface area contributed by atoms with Gasteiger partial charge in [0.05, 0.1) is 0 Å². The van der Waals surface area contributed by atoms with E-state index in [4.69, 9.17) is 13.9 Å². The standard InChI is InChI=1S/C16H27NO4Si2/c1-22(2,3)17-13(16(18)21-23(4,5)6)9-12-7-8-14-15(10-12)20-11-19-14/h7-8,10,13,17H,9,11H2,1-6H3. The van der Waals surface area contributed by atoms with Crippen LogP contribution in [0.5, 0.6) is 11.5 Å². The highest BCUT2D eigenvalue weighted by atomic mass is 28.4. The van der Waals surface area contributed by atoms with E-state index < -0.39 is 16.6 Å². The van der Waals surface area contributed by atoms with Crippen LogP contribution in [0.25, 0.3) is 0 Å². The first kappa shape index (κ1) is 18.0. The normalized spacial score (nSPS) is 15.4. The maximum Gasteiger partial charge on any atom is 0.309 e. The summed E-state index contributed by atoms with van der Waals surface area (Å²) in [5.74, 6) is 1.35. The molecule has 1 N–H and O–H groups in total. The second-order valence-corrected chi connectivity index (χ2v) is 17.1. The van der Waals surface area contributed by atoms with Crippen LogP contribution >= 0.6 is 0 Å². The highest BCUT2D eigenvalue weighted by Gasteiger charge is 2.30. The van der Waals surface area contributed by atoms with Gasteiger partial charge in [-0.1, -0.05) is 25.7 Å². The van der Waals surface area contributed by atoms with Crippen molar-refractivity contribution >= 4 is 22.5 Å². The van der Waals surface area contributed by atoms with Gasteiger partial charge >= 0.3 is 5.97 Å². The lowest BCUT2D eigenvalue weighted by molar-refractivity contribution is -0.137. The van der Waals surface area contributed by atoms with E-state index in [1.807, 2.05) is 37.8 Å². The molecular weight excluding hydrogens is 326 g/mol. The molecule has 0 fully saturated rings. The summed E-state index contributed by atoms with van der Waals surface area (Å²) in [6.45, 7) is 12.9. The molecule has 0 saturated heterocycles. The Balaban J connectivity index is 2.15. The van der Waals surface area contributed by atoms with Crippen molar-refractivity contribution in [1.29, 1.82) is 0 Å². The number of carbonyl (C=O) groups is 1. The maximum absolute atomic E-state index is 12.6. The number of benzene rings is 1. The summed E-state index contributed by atoms with van der Waals surface area (Å²) < 4.78 is 16.5. The van der Waals surface area contributed by atoms with Crippen molar-refractivity contribution in [3.63, 3.8) is 0 Å². The van der Waals surface area contributed by atoms with E-state index in [-0.39, 0.29) is 18.8 Å². The van der Waals surface area contributed by atoms with E-state index >= 15 is 0 Å². The lowest BCUT2D eigenvalue weighted by Gasteiger charge is -2.28. The monoisotopic (exact) mass is 353 g/mol. The van der Waals surface area contributed by atoms with Gasteiger partial charge in [0.2, 0.25) is 15.1 Å². The van der Waals surface area contributed by atoms with Gasteiger partial charge in [-0.3, -0.25) is 4.79 Å². The van der Waals surface area contributed by atoms with E-state index in [9.17, 15) is 4.79 Å². The highest BCUT2D eigenvalue weighted by Crippen LogP contribution is 2.32. The molecule has 7 heteroatoms. The summed E-state index contributed by atoms with van der Waals surface area (Å²) in [5, 5.41) is 0. The Morgan fingerprint density at radius 3 is 2.43 bits per heavy atom. The molecule has 1 unspecified atom stereocenters. The molecule has 1 atom stereocenters. The van der Waals surface area contributed by atoms with Gasteiger partial charge in [0.15, 0.2) is 11.5 Å². The number of rotatable bonds is 6. The maximum atomic E-state index is 12.6. The first-order valence-electron chi connectivity index (χ1n) is 7.93. The van der Waals surface area contributed by atoms with Crippen LogP contribution < -0.4 is 14.5 Å². The number of hydrogen-bond acceptors (Lipinski definition) is 5. The number of ether oxygens (including phenoxy) is 2. The van der Waals surface area contributed by atoms with Crippen LogP contribution in [-0.2, 0) is 15.6 Å². The molecule has 0 amide bonds. The summed E-state index contributed by atoms with van der Waals surface area (Å²) in [6, 6.07) is 5.50. The molecule has 0 spiro atoms. The second kappa shape index (κ2) is 6.66. The topological polar surface area (TPSA) is 56.8 Å². The quantitative estimate of drug-likeness (QED) is 0.796. The molecule has 0 aromatic heterocycles. The minimum Gasteiger partial charge on any atom is -0.519 e. The van der Waals surface area contributed by atoms with E-state index in [2.05, 4.69) is 24.6 Å². The van der Waals surface area contributed by atoms with E-state index in [1.165, 1.54) is 0 Å². The van der Waals surface area contributed by atoms with Crippen LogP contribution in [0.1, 0.15) is 5.56 Å². The molecule has 0 radical (unpaired) electrons. The van der Waals surface area contributed by atoms with Gasteiger partial charge in [0.25, 0.3) is 0 Å². The number of carbonyl (C=O) groups excluding carboxylic acids is 1. The molecule has 1 aliphatic heterocycles. The third-order valence-corrected chi connectivity index (χ3v) is 5.20. The van der Waals surface area contributed by atoms with Gasteiger partial charge in [0, 0.05) is 0 Å². The average molecular weight is 354 g/mol. The highest BCUT2D eigenvalue weighted by molar-refractivity contribution is 6.74. The predicted molar refractivity (Wildman–Crippen MR) is 96.0 cm³/mol. The summed E-state index contributed by atoms with van der Waals surface area (Å²) in [5.41, 5.74) is 1.04. The lowest BCUT2D eigenvalue weighted by Crippen LogP contribution is -2.54. The Labute approximate surface area is 140 Å². The fraction of sp³-hybridized carbons (Fsp3) is 0.562. The zero-order valence-electron chi connectivity index (χ0n) is 14.9. The third-order valence-electron chi connectivity index (χ3n) is 3.18. The van der Waals surface area contributed by atoms with E-state index in [0.29, 0.717) is 6.42 Å². The molecule has 0 aliphatic carbocycles. The van der Waals surface area contributed by atoms with Gasteiger partial charge in [-0.2, -0.15) is 0 Å². The first-order chi connectivity index (χ1) is 10.5. The molecule has 1 heterocycles. The minimum absolute atomic E-state index is 0.149. The first-order valence-corrected chi connectivity index (χ1v) is 14.8. The minimum atomic E-state index is -1.91. The molecule has 2 rings (SSSR count). The summed E-state index contributed by atoms with van der Waals surface area (Å²) in [7, 11) is -3.54. The van der Waals surface area contributed by atoms with Crippen LogP contribution in [0.3, 0.4) is 0 Å². The van der Waals surface area contributed by atoms with Crippen LogP contribution in [0.2, 0.25) is 39.3 Å². The van der Waals surface area contributed by atoms with Crippen LogP contribution in [0.15, 0.2) is 18.2 Å².